The van der Waals surface area contributed by atoms with Crippen LogP contribution in [0.1, 0.15) is 21.7 Å². The van der Waals surface area contributed by atoms with E-state index in [2.05, 4.69) is 10.4 Å². The molecule has 1 unspecified atom stereocenters. The number of hydrogen-bond donors (Lipinski definition) is 2. The van der Waals surface area contributed by atoms with Gasteiger partial charge in [0.1, 0.15) is 11.4 Å². The molecule has 0 spiro atoms. The summed E-state index contributed by atoms with van der Waals surface area (Å²) in [4.78, 5) is 23.7. The van der Waals surface area contributed by atoms with Gasteiger partial charge in [-0.15, -0.1) is 0 Å². The number of methoxy groups -OCH3 is 1. The Morgan fingerprint density at radius 3 is 2.67 bits per heavy atom. The van der Waals surface area contributed by atoms with E-state index in [-0.39, 0.29) is 18.9 Å². The molecule has 1 aromatic heterocycles. The molecule has 0 aliphatic heterocycles. The van der Waals surface area contributed by atoms with Crippen molar-refractivity contribution in [3.05, 3.63) is 47.3 Å². The van der Waals surface area contributed by atoms with Gasteiger partial charge in [-0.25, -0.2) is 0 Å². The summed E-state index contributed by atoms with van der Waals surface area (Å²) in [5.74, 6) is -1.43. The number of ether oxygens (including phenoxy) is 1. The molecular weight excluding hydrogens is 310 g/mol. The predicted molar refractivity (Wildman–Crippen MR) is 88.1 cm³/mol. The molecular formula is C17H21N3O4. The third-order valence-electron chi connectivity index (χ3n) is 3.75. The van der Waals surface area contributed by atoms with Crippen molar-refractivity contribution < 1.29 is 19.4 Å². The number of aliphatic carboxylic acids is 1. The fourth-order valence-electron chi connectivity index (χ4n) is 2.51. The predicted octanol–water partition coefficient (Wildman–Crippen LogP) is 1.41. The van der Waals surface area contributed by atoms with Crippen LogP contribution in [0.4, 0.5) is 0 Å². The highest BCUT2D eigenvalue weighted by Crippen LogP contribution is 2.21. The number of amides is 1. The molecule has 7 nitrogen and oxygen atoms in total. The minimum absolute atomic E-state index is 0.0242. The van der Waals surface area contributed by atoms with Crippen LogP contribution in [0.15, 0.2) is 30.3 Å². The molecule has 2 aromatic rings. The normalized spacial score (nSPS) is 11.8. The number of para-hydroxylation sites is 1. The lowest BCUT2D eigenvalue weighted by molar-refractivity contribution is -0.141. The SMILES string of the molecule is COc1ccccc1CC(CNC(=O)c1cc(C)nn1C)C(=O)O. The van der Waals surface area contributed by atoms with Crippen molar-refractivity contribution in [3.8, 4) is 5.75 Å². The molecule has 0 fully saturated rings. The molecule has 0 saturated carbocycles. The maximum Gasteiger partial charge on any atom is 0.308 e. The summed E-state index contributed by atoms with van der Waals surface area (Å²) in [5.41, 5.74) is 1.92. The quantitative estimate of drug-likeness (QED) is 0.800. The van der Waals surface area contributed by atoms with Crippen molar-refractivity contribution in [1.82, 2.24) is 15.1 Å². The van der Waals surface area contributed by atoms with Crippen molar-refractivity contribution in [3.63, 3.8) is 0 Å². The zero-order valence-corrected chi connectivity index (χ0v) is 13.9. The van der Waals surface area contributed by atoms with E-state index < -0.39 is 11.9 Å². The van der Waals surface area contributed by atoms with Crippen LogP contribution in [-0.2, 0) is 18.3 Å². The first-order chi connectivity index (χ1) is 11.4. The highest BCUT2D eigenvalue weighted by molar-refractivity contribution is 5.92. The van der Waals surface area contributed by atoms with Gasteiger partial charge in [-0.2, -0.15) is 5.10 Å². The Hall–Kier alpha value is -2.83. The van der Waals surface area contributed by atoms with Gasteiger partial charge in [0.15, 0.2) is 0 Å². The van der Waals surface area contributed by atoms with Gasteiger partial charge in [0, 0.05) is 13.6 Å². The Bertz CT molecular complexity index is 739. The van der Waals surface area contributed by atoms with Crippen LogP contribution in [0.25, 0.3) is 0 Å². The first-order valence-corrected chi connectivity index (χ1v) is 7.56. The van der Waals surface area contributed by atoms with E-state index in [0.29, 0.717) is 11.4 Å². The molecule has 1 aromatic carbocycles. The van der Waals surface area contributed by atoms with Gasteiger partial charge in [-0.1, -0.05) is 18.2 Å². The van der Waals surface area contributed by atoms with E-state index in [1.165, 1.54) is 4.68 Å². The topological polar surface area (TPSA) is 93.5 Å². The Labute approximate surface area is 140 Å². The summed E-state index contributed by atoms with van der Waals surface area (Å²) in [5, 5.41) is 16.2. The van der Waals surface area contributed by atoms with Crippen LogP contribution in [0.3, 0.4) is 0 Å². The molecule has 0 bridgehead atoms. The number of carboxylic acids is 1. The molecule has 2 rings (SSSR count). The van der Waals surface area contributed by atoms with Gasteiger partial charge in [-0.05, 0) is 31.0 Å². The maximum absolute atomic E-state index is 12.2. The Morgan fingerprint density at radius 1 is 1.38 bits per heavy atom. The van der Waals surface area contributed by atoms with Crippen LogP contribution in [0.2, 0.25) is 0 Å². The lowest BCUT2D eigenvalue weighted by Crippen LogP contribution is -2.35. The average Bonchev–Trinajstić information content (AvgIpc) is 2.89. The molecule has 0 radical (unpaired) electrons. The number of carbonyl (C=O) groups is 2. The summed E-state index contributed by atoms with van der Waals surface area (Å²) in [6.45, 7) is 1.81. The van der Waals surface area contributed by atoms with Gasteiger partial charge >= 0.3 is 5.97 Å². The second kappa shape index (κ2) is 7.63. The van der Waals surface area contributed by atoms with Crippen LogP contribution in [-0.4, -0.2) is 40.4 Å². The van der Waals surface area contributed by atoms with E-state index in [1.54, 1.807) is 33.2 Å². The van der Waals surface area contributed by atoms with E-state index in [4.69, 9.17) is 4.74 Å². The van der Waals surface area contributed by atoms with Gasteiger partial charge in [-0.3, -0.25) is 14.3 Å². The van der Waals surface area contributed by atoms with E-state index in [1.807, 2.05) is 18.2 Å². The number of carboxylic acid groups (broad SMARTS) is 1. The van der Waals surface area contributed by atoms with Crippen molar-refractivity contribution >= 4 is 11.9 Å². The minimum Gasteiger partial charge on any atom is -0.496 e. The van der Waals surface area contributed by atoms with E-state index in [9.17, 15) is 14.7 Å². The molecule has 24 heavy (non-hydrogen) atoms. The zero-order chi connectivity index (χ0) is 17.7. The number of aromatic nitrogens is 2. The fourth-order valence-corrected chi connectivity index (χ4v) is 2.51. The van der Waals surface area contributed by atoms with Crippen molar-refractivity contribution in [1.29, 1.82) is 0 Å². The summed E-state index contributed by atoms with van der Waals surface area (Å²) in [7, 11) is 3.21. The van der Waals surface area contributed by atoms with Crippen molar-refractivity contribution in [2.45, 2.75) is 13.3 Å². The molecule has 1 atom stereocenters. The number of rotatable bonds is 7. The van der Waals surface area contributed by atoms with E-state index >= 15 is 0 Å². The Kier molecular flexibility index (Phi) is 5.57. The molecule has 7 heteroatoms. The number of nitrogens with one attached hydrogen (secondary N) is 1. The molecule has 2 N–H and O–H groups in total. The average molecular weight is 331 g/mol. The molecule has 128 valence electrons. The van der Waals surface area contributed by atoms with Crippen molar-refractivity contribution in [2.75, 3.05) is 13.7 Å². The number of carbonyl (C=O) groups excluding carboxylic acids is 1. The minimum atomic E-state index is -0.970. The van der Waals surface area contributed by atoms with Gasteiger partial charge in [0.2, 0.25) is 0 Å². The summed E-state index contributed by atoms with van der Waals surface area (Å²) < 4.78 is 6.72. The standard InChI is InChI=1S/C17H21N3O4/c1-11-8-14(20(2)19-11)16(21)18-10-13(17(22)23)9-12-6-4-5-7-15(12)24-3/h4-8,13H,9-10H2,1-3H3,(H,18,21)(H,22,23). The summed E-state index contributed by atoms with van der Waals surface area (Å²) >= 11 is 0. The van der Waals surface area contributed by atoms with Gasteiger partial charge in [0.05, 0.1) is 18.7 Å². The number of hydrogen-bond acceptors (Lipinski definition) is 4. The van der Waals surface area contributed by atoms with Gasteiger partial charge < -0.3 is 15.2 Å². The molecule has 0 aliphatic rings. The maximum atomic E-state index is 12.2. The highest BCUT2D eigenvalue weighted by atomic mass is 16.5. The molecule has 1 heterocycles. The first-order valence-electron chi connectivity index (χ1n) is 7.56. The Morgan fingerprint density at radius 2 is 2.08 bits per heavy atom. The second-order valence-electron chi connectivity index (χ2n) is 5.56. The summed E-state index contributed by atoms with van der Waals surface area (Å²) in [6, 6.07) is 8.91. The van der Waals surface area contributed by atoms with Crippen LogP contribution in [0, 0.1) is 12.8 Å². The van der Waals surface area contributed by atoms with Crippen LogP contribution < -0.4 is 10.1 Å². The largest absolute Gasteiger partial charge is 0.496 e. The lowest BCUT2D eigenvalue weighted by atomic mass is 9.98. The zero-order valence-electron chi connectivity index (χ0n) is 13.9. The third kappa shape index (κ3) is 4.13. The number of benzene rings is 1. The molecule has 1 amide bonds. The lowest BCUT2D eigenvalue weighted by Gasteiger charge is -2.15. The van der Waals surface area contributed by atoms with Crippen molar-refractivity contribution in [2.24, 2.45) is 13.0 Å². The molecule has 0 aliphatic carbocycles. The van der Waals surface area contributed by atoms with Crippen LogP contribution in [0.5, 0.6) is 5.75 Å². The fraction of sp³-hybridized carbons (Fsp3) is 0.353. The summed E-state index contributed by atoms with van der Waals surface area (Å²) in [6.07, 6.45) is 0.268. The number of aryl methyl sites for hydroxylation is 2. The highest BCUT2D eigenvalue weighted by Gasteiger charge is 2.22. The molecule has 0 saturated heterocycles. The van der Waals surface area contributed by atoms with E-state index in [0.717, 1.165) is 11.3 Å². The smallest absolute Gasteiger partial charge is 0.308 e. The van der Waals surface area contributed by atoms with Gasteiger partial charge in [0.25, 0.3) is 5.91 Å². The van der Waals surface area contributed by atoms with Crippen LogP contribution >= 0.6 is 0 Å². The Balaban J connectivity index is 2.05. The second-order valence-corrected chi connectivity index (χ2v) is 5.56. The first kappa shape index (κ1) is 17.5. The number of nitrogens with zero attached hydrogens (tertiary/aromatic N) is 2. The third-order valence-corrected chi connectivity index (χ3v) is 3.75. The monoisotopic (exact) mass is 331 g/mol.